The Morgan fingerprint density at radius 1 is 1.21 bits per heavy atom. The van der Waals surface area contributed by atoms with Crippen LogP contribution in [0.25, 0.3) is 0 Å². The molecule has 0 aliphatic heterocycles. The van der Waals surface area contributed by atoms with Gasteiger partial charge in [-0.2, -0.15) is 0 Å². The quantitative estimate of drug-likeness (QED) is 0.678. The number of carbonyl (C=O) groups excluding carboxylic acids is 1. The Balaban J connectivity index is 3.06. The summed E-state index contributed by atoms with van der Waals surface area (Å²) in [6.07, 6.45) is 0. The fourth-order valence-electron chi connectivity index (χ4n) is 1.88. The lowest BCUT2D eigenvalue weighted by atomic mass is 10.1. The largest absolute Gasteiger partial charge is 0.383 e. The third-order valence-corrected chi connectivity index (χ3v) is 2.82. The van der Waals surface area contributed by atoms with Crippen LogP contribution in [-0.2, 0) is 9.47 Å². The minimum absolute atomic E-state index is 0.120. The zero-order valence-corrected chi connectivity index (χ0v) is 11.6. The van der Waals surface area contributed by atoms with Crippen molar-refractivity contribution >= 4 is 11.5 Å². The van der Waals surface area contributed by atoms with Crippen LogP contribution < -0.4 is 4.90 Å². The summed E-state index contributed by atoms with van der Waals surface area (Å²) in [5.74, 6) is -0.780. The molecule has 0 bridgehead atoms. The second-order valence-corrected chi connectivity index (χ2v) is 4.16. The summed E-state index contributed by atoms with van der Waals surface area (Å²) < 4.78 is 23.9. The molecule has 1 aromatic rings. The molecule has 1 rings (SSSR count). The van der Waals surface area contributed by atoms with Crippen molar-refractivity contribution in [3.8, 4) is 0 Å². The summed E-state index contributed by atoms with van der Waals surface area (Å²) >= 11 is 0. The van der Waals surface area contributed by atoms with Gasteiger partial charge in [-0.05, 0) is 19.1 Å². The number of anilines is 1. The minimum Gasteiger partial charge on any atom is -0.383 e. The molecule has 106 valence electrons. The number of halogens is 1. The van der Waals surface area contributed by atoms with Crippen LogP contribution in [0.5, 0.6) is 0 Å². The Labute approximate surface area is 113 Å². The van der Waals surface area contributed by atoms with Gasteiger partial charge in [0.1, 0.15) is 5.82 Å². The lowest BCUT2D eigenvalue weighted by molar-refractivity contribution is 0.101. The van der Waals surface area contributed by atoms with Crippen molar-refractivity contribution in [2.45, 2.75) is 6.92 Å². The third kappa shape index (κ3) is 4.29. The van der Waals surface area contributed by atoms with E-state index in [1.165, 1.54) is 13.0 Å². The molecule has 5 heteroatoms. The maximum absolute atomic E-state index is 13.8. The Morgan fingerprint density at radius 3 is 2.26 bits per heavy atom. The van der Waals surface area contributed by atoms with E-state index in [1.54, 1.807) is 26.4 Å². The average molecular weight is 269 g/mol. The summed E-state index contributed by atoms with van der Waals surface area (Å²) in [4.78, 5) is 13.5. The van der Waals surface area contributed by atoms with Gasteiger partial charge in [-0.1, -0.05) is 6.07 Å². The summed E-state index contributed by atoms with van der Waals surface area (Å²) in [5.41, 5.74) is 0.705. The van der Waals surface area contributed by atoms with E-state index in [9.17, 15) is 9.18 Å². The van der Waals surface area contributed by atoms with E-state index in [-0.39, 0.29) is 11.3 Å². The maximum Gasteiger partial charge on any atom is 0.164 e. The first kappa shape index (κ1) is 15.6. The topological polar surface area (TPSA) is 38.8 Å². The van der Waals surface area contributed by atoms with E-state index in [1.807, 2.05) is 4.90 Å². The predicted octanol–water partition coefficient (Wildman–Crippen LogP) is 2.13. The molecule has 0 saturated carbocycles. The van der Waals surface area contributed by atoms with E-state index in [0.29, 0.717) is 32.0 Å². The van der Waals surface area contributed by atoms with Crippen molar-refractivity contribution in [2.24, 2.45) is 0 Å². The number of methoxy groups -OCH3 is 2. The van der Waals surface area contributed by atoms with E-state index in [0.717, 1.165) is 0 Å². The van der Waals surface area contributed by atoms with Crippen LogP contribution in [0, 0.1) is 5.82 Å². The van der Waals surface area contributed by atoms with Crippen LogP contribution in [0.2, 0.25) is 0 Å². The molecule has 0 amide bonds. The fraction of sp³-hybridized carbons (Fsp3) is 0.500. The molecule has 0 spiro atoms. The van der Waals surface area contributed by atoms with Gasteiger partial charge < -0.3 is 14.4 Å². The van der Waals surface area contributed by atoms with Gasteiger partial charge in [0.05, 0.1) is 24.5 Å². The van der Waals surface area contributed by atoms with Crippen LogP contribution >= 0.6 is 0 Å². The van der Waals surface area contributed by atoms with Gasteiger partial charge >= 0.3 is 0 Å². The molecule has 0 N–H and O–H groups in total. The van der Waals surface area contributed by atoms with Crippen molar-refractivity contribution in [1.82, 2.24) is 0 Å². The molecule has 0 unspecified atom stereocenters. The predicted molar refractivity (Wildman–Crippen MR) is 72.4 cm³/mol. The van der Waals surface area contributed by atoms with Crippen LogP contribution in [0.4, 0.5) is 10.1 Å². The van der Waals surface area contributed by atoms with Crippen LogP contribution in [0.1, 0.15) is 17.3 Å². The van der Waals surface area contributed by atoms with Crippen LogP contribution in [0.3, 0.4) is 0 Å². The summed E-state index contributed by atoms with van der Waals surface area (Å²) in [7, 11) is 3.21. The second-order valence-electron chi connectivity index (χ2n) is 4.16. The molecule has 19 heavy (non-hydrogen) atoms. The zero-order valence-electron chi connectivity index (χ0n) is 11.6. The van der Waals surface area contributed by atoms with E-state index in [2.05, 4.69) is 0 Å². The van der Waals surface area contributed by atoms with Crippen molar-refractivity contribution in [2.75, 3.05) is 45.4 Å². The molecular weight excluding hydrogens is 249 g/mol. The summed E-state index contributed by atoms with van der Waals surface area (Å²) in [6, 6.07) is 4.64. The molecule has 0 fully saturated rings. The van der Waals surface area contributed by atoms with Gasteiger partial charge in [0.25, 0.3) is 0 Å². The third-order valence-electron chi connectivity index (χ3n) is 2.82. The Morgan fingerprint density at radius 2 is 1.79 bits per heavy atom. The number of nitrogens with zero attached hydrogens (tertiary/aromatic N) is 1. The lowest BCUT2D eigenvalue weighted by Gasteiger charge is -2.26. The van der Waals surface area contributed by atoms with E-state index in [4.69, 9.17) is 9.47 Å². The number of carbonyl (C=O) groups is 1. The Hall–Kier alpha value is -1.46. The molecule has 0 radical (unpaired) electrons. The number of rotatable bonds is 8. The fourth-order valence-corrected chi connectivity index (χ4v) is 1.88. The number of ketones is 1. The van der Waals surface area contributed by atoms with Gasteiger partial charge in [-0.15, -0.1) is 0 Å². The van der Waals surface area contributed by atoms with Gasteiger partial charge in [0, 0.05) is 27.3 Å². The monoisotopic (exact) mass is 269 g/mol. The summed E-state index contributed by atoms with van der Waals surface area (Å²) in [6.45, 7) is 3.51. The standard InChI is InChI=1S/C14H20FNO3/c1-11(17)14-12(15)5-4-6-13(14)16(7-9-18-2)8-10-19-3/h4-6H,7-10H2,1-3H3. The number of Topliss-reactive ketones (excluding diaryl/α,β-unsaturated/α-hetero) is 1. The van der Waals surface area contributed by atoms with Crippen molar-refractivity contribution in [3.05, 3.63) is 29.6 Å². The molecule has 4 nitrogen and oxygen atoms in total. The highest BCUT2D eigenvalue weighted by Crippen LogP contribution is 2.23. The van der Waals surface area contributed by atoms with E-state index < -0.39 is 5.82 Å². The average Bonchev–Trinajstić information content (AvgIpc) is 2.38. The van der Waals surface area contributed by atoms with Crippen molar-refractivity contribution in [3.63, 3.8) is 0 Å². The highest BCUT2D eigenvalue weighted by atomic mass is 19.1. The molecule has 0 saturated heterocycles. The van der Waals surface area contributed by atoms with Crippen molar-refractivity contribution in [1.29, 1.82) is 0 Å². The maximum atomic E-state index is 13.8. The molecule has 0 aliphatic rings. The molecule has 0 heterocycles. The van der Waals surface area contributed by atoms with Gasteiger partial charge in [-0.3, -0.25) is 4.79 Å². The first-order valence-corrected chi connectivity index (χ1v) is 6.14. The zero-order chi connectivity index (χ0) is 14.3. The summed E-state index contributed by atoms with van der Waals surface area (Å²) in [5, 5.41) is 0. The van der Waals surface area contributed by atoms with Crippen LogP contribution in [-0.4, -0.2) is 46.3 Å². The van der Waals surface area contributed by atoms with Gasteiger partial charge in [-0.25, -0.2) is 4.39 Å². The molecule has 1 aromatic carbocycles. The second kappa shape index (κ2) is 7.86. The molecule has 0 aromatic heterocycles. The number of ether oxygens (including phenoxy) is 2. The highest BCUT2D eigenvalue weighted by Gasteiger charge is 2.17. The SMILES string of the molecule is COCCN(CCOC)c1cccc(F)c1C(C)=O. The Kier molecular flexibility index (Phi) is 6.45. The number of hydrogen-bond acceptors (Lipinski definition) is 4. The molecule has 0 aliphatic carbocycles. The van der Waals surface area contributed by atoms with Crippen molar-refractivity contribution < 1.29 is 18.7 Å². The number of benzene rings is 1. The Bertz CT molecular complexity index is 415. The lowest BCUT2D eigenvalue weighted by Crippen LogP contribution is -2.32. The van der Waals surface area contributed by atoms with Crippen LogP contribution in [0.15, 0.2) is 18.2 Å². The molecular formula is C14H20FNO3. The first-order valence-electron chi connectivity index (χ1n) is 6.14. The highest BCUT2D eigenvalue weighted by molar-refractivity contribution is 6.00. The van der Waals surface area contributed by atoms with E-state index >= 15 is 0 Å². The normalized spacial score (nSPS) is 10.5. The smallest absolute Gasteiger partial charge is 0.164 e. The first-order chi connectivity index (χ1) is 9.11. The molecule has 0 atom stereocenters. The van der Waals surface area contributed by atoms with Gasteiger partial charge in [0.15, 0.2) is 5.78 Å². The minimum atomic E-state index is -0.496. The number of hydrogen-bond donors (Lipinski definition) is 0. The van der Waals surface area contributed by atoms with Gasteiger partial charge in [0.2, 0.25) is 0 Å².